The van der Waals surface area contributed by atoms with Gasteiger partial charge in [-0.05, 0) is 27.2 Å². The number of aliphatic hydroxyl groups is 1. The number of rotatable bonds is 4. The van der Waals surface area contributed by atoms with Crippen molar-refractivity contribution in [1.82, 2.24) is 5.32 Å². The molecule has 0 radical (unpaired) electrons. The molecule has 0 aromatic rings. The van der Waals surface area contributed by atoms with Crippen LogP contribution in [0.1, 0.15) is 27.2 Å². The maximum atomic E-state index is 8.75. The minimum atomic E-state index is -0.446. The molecule has 0 bridgehead atoms. The van der Waals surface area contributed by atoms with E-state index in [0.29, 0.717) is 19.3 Å². The molecule has 1 unspecified atom stereocenters. The van der Waals surface area contributed by atoms with Gasteiger partial charge in [0.15, 0.2) is 5.79 Å². The third-order valence-electron chi connectivity index (χ3n) is 2.35. The van der Waals surface area contributed by atoms with Crippen LogP contribution in [-0.2, 0) is 9.47 Å². The third-order valence-corrected chi connectivity index (χ3v) is 2.35. The fraction of sp³-hybridized carbons (Fsp3) is 1.00. The Balaban J connectivity index is 2.22. The van der Waals surface area contributed by atoms with Gasteiger partial charge in [-0.1, -0.05) is 0 Å². The molecule has 1 heterocycles. The van der Waals surface area contributed by atoms with Crippen LogP contribution in [0.5, 0.6) is 0 Å². The molecule has 0 aromatic heterocycles. The van der Waals surface area contributed by atoms with Gasteiger partial charge in [0.2, 0.25) is 0 Å². The van der Waals surface area contributed by atoms with Gasteiger partial charge in [-0.3, -0.25) is 0 Å². The fourth-order valence-corrected chi connectivity index (χ4v) is 1.47. The average molecular weight is 203 g/mol. The van der Waals surface area contributed by atoms with E-state index in [1.807, 2.05) is 13.8 Å². The monoisotopic (exact) mass is 203 g/mol. The van der Waals surface area contributed by atoms with Gasteiger partial charge < -0.3 is 19.9 Å². The van der Waals surface area contributed by atoms with Gasteiger partial charge in [-0.25, -0.2) is 0 Å². The molecule has 1 fully saturated rings. The van der Waals surface area contributed by atoms with Crippen molar-refractivity contribution >= 4 is 0 Å². The van der Waals surface area contributed by atoms with Gasteiger partial charge in [0.25, 0.3) is 0 Å². The molecule has 0 saturated carbocycles. The van der Waals surface area contributed by atoms with E-state index in [9.17, 15) is 0 Å². The highest BCUT2D eigenvalue weighted by molar-refractivity contribution is 4.75. The zero-order chi connectivity index (χ0) is 10.6. The second kappa shape index (κ2) is 5.07. The highest BCUT2D eigenvalue weighted by Crippen LogP contribution is 2.17. The minimum Gasteiger partial charge on any atom is -0.396 e. The molecule has 1 saturated heterocycles. The maximum absolute atomic E-state index is 8.75. The van der Waals surface area contributed by atoms with Gasteiger partial charge >= 0.3 is 0 Å². The largest absolute Gasteiger partial charge is 0.396 e. The van der Waals surface area contributed by atoms with Crippen molar-refractivity contribution in [3.8, 4) is 0 Å². The van der Waals surface area contributed by atoms with Crippen molar-refractivity contribution in [2.24, 2.45) is 0 Å². The Kier molecular flexibility index (Phi) is 4.31. The van der Waals surface area contributed by atoms with E-state index in [-0.39, 0.29) is 12.6 Å². The number of hydrogen-bond donors (Lipinski definition) is 2. The lowest BCUT2D eigenvalue weighted by Gasteiger charge is -2.36. The summed E-state index contributed by atoms with van der Waals surface area (Å²) in [6.45, 7) is 7.44. The van der Waals surface area contributed by atoms with Crippen LogP contribution in [-0.4, -0.2) is 42.8 Å². The molecule has 14 heavy (non-hydrogen) atoms. The van der Waals surface area contributed by atoms with E-state index in [4.69, 9.17) is 14.6 Å². The van der Waals surface area contributed by atoms with Crippen molar-refractivity contribution in [2.75, 3.05) is 19.8 Å². The molecule has 0 aromatic carbocycles. The number of ether oxygens (including phenoxy) is 2. The fourth-order valence-electron chi connectivity index (χ4n) is 1.47. The second-order valence-corrected chi connectivity index (χ2v) is 4.30. The van der Waals surface area contributed by atoms with Gasteiger partial charge in [-0.2, -0.15) is 0 Å². The van der Waals surface area contributed by atoms with Crippen LogP contribution in [0.4, 0.5) is 0 Å². The maximum Gasteiger partial charge on any atom is 0.162 e. The molecule has 1 aliphatic heterocycles. The first-order valence-electron chi connectivity index (χ1n) is 5.18. The Morgan fingerprint density at radius 2 is 2.00 bits per heavy atom. The summed E-state index contributed by atoms with van der Waals surface area (Å²) in [4.78, 5) is 0. The smallest absolute Gasteiger partial charge is 0.162 e. The highest BCUT2D eigenvalue weighted by atomic mass is 16.7. The Labute approximate surface area is 85.6 Å². The molecule has 4 nitrogen and oxygen atoms in total. The molecular weight excluding hydrogens is 182 g/mol. The first-order valence-corrected chi connectivity index (χ1v) is 5.18. The quantitative estimate of drug-likeness (QED) is 0.698. The van der Waals surface area contributed by atoms with Crippen molar-refractivity contribution in [2.45, 2.75) is 45.1 Å². The summed E-state index contributed by atoms with van der Waals surface area (Å²) in [7, 11) is 0. The summed E-state index contributed by atoms with van der Waals surface area (Å²) in [5.41, 5.74) is 0. The summed E-state index contributed by atoms with van der Waals surface area (Å²) < 4.78 is 11.0. The van der Waals surface area contributed by atoms with E-state index < -0.39 is 5.79 Å². The van der Waals surface area contributed by atoms with E-state index in [1.54, 1.807) is 0 Å². The van der Waals surface area contributed by atoms with E-state index in [1.165, 1.54) is 0 Å². The third kappa shape index (κ3) is 3.92. The van der Waals surface area contributed by atoms with Gasteiger partial charge in [-0.15, -0.1) is 0 Å². The van der Waals surface area contributed by atoms with Crippen molar-refractivity contribution < 1.29 is 14.6 Å². The summed E-state index contributed by atoms with van der Waals surface area (Å²) in [6.07, 6.45) is 0.764. The van der Waals surface area contributed by atoms with Crippen LogP contribution in [0.15, 0.2) is 0 Å². The van der Waals surface area contributed by atoms with E-state index >= 15 is 0 Å². The Morgan fingerprint density at radius 1 is 1.43 bits per heavy atom. The number of aliphatic hydroxyl groups excluding tert-OH is 1. The second-order valence-electron chi connectivity index (χ2n) is 4.30. The van der Waals surface area contributed by atoms with Crippen LogP contribution in [0, 0.1) is 0 Å². The van der Waals surface area contributed by atoms with Crippen LogP contribution < -0.4 is 5.32 Å². The predicted molar refractivity (Wildman–Crippen MR) is 54.1 cm³/mol. The van der Waals surface area contributed by atoms with Gasteiger partial charge in [0.05, 0.1) is 19.3 Å². The van der Waals surface area contributed by atoms with Crippen molar-refractivity contribution in [3.63, 3.8) is 0 Å². The summed E-state index contributed by atoms with van der Waals surface area (Å²) in [5, 5.41) is 12.1. The molecule has 84 valence electrons. The molecule has 2 N–H and O–H groups in total. The van der Waals surface area contributed by atoms with Crippen molar-refractivity contribution in [3.05, 3.63) is 0 Å². The van der Waals surface area contributed by atoms with Crippen LogP contribution in [0.2, 0.25) is 0 Å². The minimum absolute atomic E-state index is 0.216. The van der Waals surface area contributed by atoms with Gasteiger partial charge in [0, 0.05) is 12.6 Å². The van der Waals surface area contributed by atoms with Crippen LogP contribution >= 0.6 is 0 Å². The highest BCUT2D eigenvalue weighted by Gasteiger charge is 2.28. The van der Waals surface area contributed by atoms with E-state index in [2.05, 4.69) is 12.2 Å². The lowest BCUT2D eigenvalue weighted by atomic mass is 10.2. The molecule has 4 heteroatoms. The van der Waals surface area contributed by atoms with Crippen LogP contribution in [0.25, 0.3) is 0 Å². The SMILES string of the molecule is CC(CCO)NC1COC(C)(C)OC1. The Bertz CT molecular complexity index is 163. The first-order chi connectivity index (χ1) is 6.53. The summed E-state index contributed by atoms with van der Waals surface area (Å²) >= 11 is 0. The molecule has 0 aliphatic carbocycles. The van der Waals surface area contributed by atoms with E-state index in [0.717, 1.165) is 6.42 Å². The topological polar surface area (TPSA) is 50.7 Å². The zero-order valence-electron chi connectivity index (χ0n) is 9.25. The predicted octanol–water partition coefficient (Wildman–Crippen LogP) is 0.498. The van der Waals surface area contributed by atoms with Gasteiger partial charge in [0.1, 0.15) is 0 Å². The average Bonchev–Trinajstić information content (AvgIpc) is 2.09. The molecule has 1 rings (SSSR count). The molecule has 1 aliphatic rings. The lowest BCUT2D eigenvalue weighted by molar-refractivity contribution is -0.253. The lowest BCUT2D eigenvalue weighted by Crippen LogP contribution is -2.51. The summed E-state index contributed by atoms with van der Waals surface area (Å²) in [5.74, 6) is -0.446. The molecule has 1 atom stereocenters. The zero-order valence-corrected chi connectivity index (χ0v) is 9.25. The molecule has 0 spiro atoms. The Hall–Kier alpha value is -0.160. The van der Waals surface area contributed by atoms with Crippen LogP contribution in [0.3, 0.4) is 0 Å². The normalized spacial score (nSPS) is 24.9. The molecular formula is C10H21NO3. The summed E-state index contributed by atoms with van der Waals surface area (Å²) in [6, 6.07) is 0.544. The molecule has 0 amide bonds. The standard InChI is InChI=1S/C10H21NO3/c1-8(4-5-12)11-9-6-13-10(2,3)14-7-9/h8-9,11-12H,4-7H2,1-3H3. The number of hydrogen-bond acceptors (Lipinski definition) is 4. The Morgan fingerprint density at radius 3 is 2.50 bits per heavy atom. The van der Waals surface area contributed by atoms with Crippen molar-refractivity contribution in [1.29, 1.82) is 0 Å². The first kappa shape index (κ1) is 11.9. The number of nitrogens with one attached hydrogen (secondary N) is 1.